The van der Waals surface area contributed by atoms with Gasteiger partial charge >= 0.3 is 12.0 Å². The summed E-state index contributed by atoms with van der Waals surface area (Å²) >= 11 is 1.66. The molecule has 6 heteroatoms. The van der Waals surface area contributed by atoms with Crippen LogP contribution in [0, 0.1) is 0 Å². The summed E-state index contributed by atoms with van der Waals surface area (Å²) in [5.41, 5.74) is 1.01. The second kappa shape index (κ2) is 7.68. The molecule has 104 valence electrons. The minimum Gasteiger partial charge on any atom is -0.481 e. The van der Waals surface area contributed by atoms with E-state index >= 15 is 0 Å². The van der Waals surface area contributed by atoms with E-state index in [0.717, 1.165) is 5.56 Å². The maximum Gasteiger partial charge on any atom is 0.315 e. The second-order valence-electron chi connectivity index (χ2n) is 4.04. The fraction of sp³-hybridized carbons (Fsp3) is 0.385. The highest BCUT2D eigenvalue weighted by Gasteiger charge is 2.09. The molecule has 1 aromatic rings. The van der Waals surface area contributed by atoms with Crippen molar-refractivity contribution >= 4 is 23.8 Å². The van der Waals surface area contributed by atoms with Gasteiger partial charge in [-0.3, -0.25) is 4.79 Å². The van der Waals surface area contributed by atoms with Gasteiger partial charge in [-0.05, 0) is 30.9 Å². The fourth-order valence-electron chi connectivity index (χ4n) is 1.51. The molecule has 3 N–H and O–H groups in total. The molecule has 0 saturated carbocycles. The normalized spacial score (nSPS) is 11.7. The van der Waals surface area contributed by atoms with Gasteiger partial charge in [-0.1, -0.05) is 12.1 Å². The van der Waals surface area contributed by atoms with Crippen LogP contribution in [0.5, 0.6) is 0 Å². The summed E-state index contributed by atoms with van der Waals surface area (Å²) in [6.45, 7) is 2.00. The number of amides is 2. The number of rotatable bonds is 6. The molecule has 5 nitrogen and oxygen atoms in total. The number of hydrogen-bond acceptors (Lipinski definition) is 3. The summed E-state index contributed by atoms with van der Waals surface area (Å²) < 4.78 is 0. The van der Waals surface area contributed by atoms with Gasteiger partial charge in [0.15, 0.2) is 0 Å². The first-order chi connectivity index (χ1) is 9.02. The zero-order valence-corrected chi connectivity index (χ0v) is 11.8. The Bertz CT molecular complexity index is 434. The first-order valence-electron chi connectivity index (χ1n) is 5.93. The van der Waals surface area contributed by atoms with E-state index in [-0.39, 0.29) is 25.0 Å². The standard InChI is InChI=1S/C13H18N2O3S/c1-9(10-3-5-11(19-2)6-4-10)15-13(18)14-8-7-12(16)17/h3-6,9H,7-8H2,1-2H3,(H,16,17)(H2,14,15,18)/t9-/m0/s1. The minimum atomic E-state index is -0.930. The maximum absolute atomic E-state index is 11.5. The molecular formula is C13H18N2O3S. The summed E-state index contributed by atoms with van der Waals surface area (Å²) in [4.78, 5) is 23.0. The highest BCUT2D eigenvalue weighted by Crippen LogP contribution is 2.18. The number of hydrogen-bond donors (Lipinski definition) is 3. The molecule has 19 heavy (non-hydrogen) atoms. The van der Waals surface area contributed by atoms with Crippen molar-refractivity contribution in [2.45, 2.75) is 24.3 Å². The fourth-order valence-corrected chi connectivity index (χ4v) is 1.91. The predicted octanol–water partition coefficient (Wildman–Crippen LogP) is 2.24. The van der Waals surface area contributed by atoms with Gasteiger partial charge in [0.25, 0.3) is 0 Å². The van der Waals surface area contributed by atoms with Crippen LogP contribution in [-0.4, -0.2) is 29.9 Å². The molecule has 1 rings (SSSR count). The third-order valence-corrected chi connectivity index (χ3v) is 3.33. The van der Waals surface area contributed by atoms with Crippen LogP contribution in [0.1, 0.15) is 24.9 Å². The molecule has 0 aliphatic heterocycles. The van der Waals surface area contributed by atoms with E-state index in [4.69, 9.17) is 5.11 Å². The van der Waals surface area contributed by atoms with Crippen molar-refractivity contribution in [3.05, 3.63) is 29.8 Å². The third-order valence-electron chi connectivity index (χ3n) is 2.59. The lowest BCUT2D eigenvalue weighted by molar-refractivity contribution is -0.136. The van der Waals surface area contributed by atoms with E-state index < -0.39 is 5.97 Å². The molecular weight excluding hydrogens is 264 g/mol. The van der Waals surface area contributed by atoms with Crippen LogP contribution in [0.2, 0.25) is 0 Å². The number of carbonyl (C=O) groups excluding carboxylic acids is 1. The summed E-state index contributed by atoms with van der Waals surface area (Å²) in [6.07, 6.45) is 1.93. The van der Waals surface area contributed by atoms with Crippen LogP contribution in [0.4, 0.5) is 4.79 Å². The molecule has 0 aliphatic carbocycles. The summed E-state index contributed by atoms with van der Waals surface area (Å²) in [5, 5.41) is 13.7. The minimum absolute atomic E-state index is 0.0791. The second-order valence-corrected chi connectivity index (χ2v) is 4.92. The van der Waals surface area contributed by atoms with E-state index in [2.05, 4.69) is 10.6 Å². The predicted molar refractivity (Wildman–Crippen MR) is 75.4 cm³/mol. The first-order valence-corrected chi connectivity index (χ1v) is 7.15. The van der Waals surface area contributed by atoms with Gasteiger partial charge < -0.3 is 15.7 Å². The number of urea groups is 1. The number of nitrogens with one attached hydrogen (secondary N) is 2. The van der Waals surface area contributed by atoms with Crippen LogP contribution in [0.15, 0.2) is 29.2 Å². The van der Waals surface area contributed by atoms with Crippen molar-refractivity contribution in [3.8, 4) is 0 Å². The SMILES string of the molecule is CSc1ccc([C@H](C)NC(=O)NCCC(=O)O)cc1. The number of carboxylic acid groups (broad SMARTS) is 1. The summed E-state index contributed by atoms with van der Waals surface area (Å²) in [7, 11) is 0. The van der Waals surface area contributed by atoms with Crippen molar-refractivity contribution in [1.82, 2.24) is 10.6 Å². The number of aliphatic carboxylic acids is 1. The molecule has 0 aliphatic rings. The number of benzene rings is 1. The van der Waals surface area contributed by atoms with Gasteiger partial charge in [-0.2, -0.15) is 0 Å². The number of carbonyl (C=O) groups is 2. The van der Waals surface area contributed by atoms with E-state index in [1.54, 1.807) is 11.8 Å². The molecule has 1 atom stereocenters. The van der Waals surface area contributed by atoms with E-state index in [1.165, 1.54) is 4.90 Å². The molecule has 0 spiro atoms. The molecule has 0 heterocycles. The average molecular weight is 282 g/mol. The number of thioether (sulfide) groups is 1. The largest absolute Gasteiger partial charge is 0.481 e. The molecule has 0 aromatic heterocycles. The molecule has 0 unspecified atom stereocenters. The molecule has 0 bridgehead atoms. The van der Waals surface area contributed by atoms with E-state index in [0.29, 0.717) is 0 Å². The Labute approximate surface area is 116 Å². The Morgan fingerprint density at radius 1 is 1.32 bits per heavy atom. The zero-order chi connectivity index (χ0) is 14.3. The van der Waals surface area contributed by atoms with Gasteiger partial charge in [0.2, 0.25) is 0 Å². The Hall–Kier alpha value is -1.69. The lowest BCUT2D eigenvalue weighted by Crippen LogP contribution is -2.38. The zero-order valence-electron chi connectivity index (χ0n) is 11.0. The summed E-state index contributed by atoms with van der Waals surface area (Å²) in [6, 6.07) is 7.45. The average Bonchev–Trinajstić information content (AvgIpc) is 2.38. The number of carboxylic acids is 1. The monoisotopic (exact) mass is 282 g/mol. The maximum atomic E-state index is 11.5. The van der Waals surface area contributed by atoms with Gasteiger partial charge in [0, 0.05) is 11.4 Å². The van der Waals surface area contributed by atoms with E-state index in [1.807, 2.05) is 37.4 Å². The lowest BCUT2D eigenvalue weighted by Gasteiger charge is -2.15. The smallest absolute Gasteiger partial charge is 0.315 e. The highest BCUT2D eigenvalue weighted by molar-refractivity contribution is 7.98. The van der Waals surface area contributed by atoms with Crippen LogP contribution < -0.4 is 10.6 Å². The van der Waals surface area contributed by atoms with Crippen LogP contribution in [-0.2, 0) is 4.79 Å². The molecule has 0 radical (unpaired) electrons. The van der Waals surface area contributed by atoms with Crippen molar-refractivity contribution < 1.29 is 14.7 Å². The van der Waals surface area contributed by atoms with Crippen molar-refractivity contribution in [3.63, 3.8) is 0 Å². The first kappa shape index (κ1) is 15.4. The molecule has 1 aromatic carbocycles. The Morgan fingerprint density at radius 2 is 1.95 bits per heavy atom. The van der Waals surface area contributed by atoms with E-state index in [9.17, 15) is 9.59 Å². The van der Waals surface area contributed by atoms with Gasteiger partial charge in [0.05, 0.1) is 12.5 Å². The van der Waals surface area contributed by atoms with Crippen LogP contribution >= 0.6 is 11.8 Å². The Morgan fingerprint density at radius 3 is 2.47 bits per heavy atom. The van der Waals surface area contributed by atoms with Crippen molar-refractivity contribution in [2.75, 3.05) is 12.8 Å². The Balaban J connectivity index is 2.42. The highest BCUT2D eigenvalue weighted by atomic mass is 32.2. The molecule has 0 fully saturated rings. The van der Waals surface area contributed by atoms with Gasteiger partial charge in [0.1, 0.15) is 0 Å². The third kappa shape index (κ3) is 5.65. The van der Waals surface area contributed by atoms with Crippen molar-refractivity contribution in [1.29, 1.82) is 0 Å². The molecule has 2 amide bonds. The van der Waals surface area contributed by atoms with Gasteiger partial charge in [-0.15, -0.1) is 11.8 Å². The van der Waals surface area contributed by atoms with Crippen LogP contribution in [0.25, 0.3) is 0 Å². The quantitative estimate of drug-likeness (QED) is 0.699. The molecule has 0 saturated heterocycles. The van der Waals surface area contributed by atoms with Gasteiger partial charge in [-0.25, -0.2) is 4.79 Å². The topological polar surface area (TPSA) is 78.4 Å². The Kier molecular flexibility index (Phi) is 6.21. The summed E-state index contributed by atoms with van der Waals surface area (Å²) in [5.74, 6) is -0.930. The van der Waals surface area contributed by atoms with Crippen LogP contribution in [0.3, 0.4) is 0 Å². The van der Waals surface area contributed by atoms with Crippen molar-refractivity contribution in [2.24, 2.45) is 0 Å². The lowest BCUT2D eigenvalue weighted by atomic mass is 10.1.